The van der Waals surface area contributed by atoms with Gasteiger partial charge in [-0.3, -0.25) is 4.79 Å². The quantitative estimate of drug-likeness (QED) is 0.751. The van der Waals surface area contributed by atoms with Gasteiger partial charge in [0.25, 0.3) is 5.91 Å². The molecule has 1 aliphatic carbocycles. The summed E-state index contributed by atoms with van der Waals surface area (Å²) in [5.74, 6) is 1.16. The molecule has 0 atom stereocenters. The molecule has 2 amide bonds. The Balaban J connectivity index is 1.45. The number of piperidine rings is 1. The molecule has 5 nitrogen and oxygen atoms in total. The second-order valence-corrected chi connectivity index (χ2v) is 7.50. The van der Waals surface area contributed by atoms with Crippen molar-refractivity contribution in [3.05, 3.63) is 35.4 Å². The first-order valence-corrected chi connectivity index (χ1v) is 9.97. The first kappa shape index (κ1) is 18.7. The fourth-order valence-corrected chi connectivity index (χ4v) is 3.36. The first-order valence-electron chi connectivity index (χ1n) is 9.97. The lowest BCUT2D eigenvalue weighted by atomic mass is 9.89. The van der Waals surface area contributed by atoms with Crippen molar-refractivity contribution in [2.45, 2.75) is 51.4 Å². The number of unbranched alkanes of at least 4 members (excludes halogenated alkanes) is 1. The minimum Gasteiger partial charge on any atom is -0.449 e. The maximum Gasteiger partial charge on any atom is 0.409 e. The van der Waals surface area contributed by atoms with Crippen molar-refractivity contribution < 1.29 is 14.3 Å². The van der Waals surface area contributed by atoms with Gasteiger partial charge in [0.1, 0.15) is 0 Å². The molecule has 1 aromatic carbocycles. The Morgan fingerprint density at radius 2 is 1.81 bits per heavy atom. The van der Waals surface area contributed by atoms with Crippen molar-refractivity contribution in [3.63, 3.8) is 0 Å². The van der Waals surface area contributed by atoms with E-state index in [4.69, 9.17) is 4.74 Å². The van der Waals surface area contributed by atoms with E-state index in [9.17, 15) is 9.59 Å². The zero-order valence-electron chi connectivity index (χ0n) is 15.7. The number of likely N-dealkylation sites (tertiary alicyclic amines) is 1. The SMILES string of the molecule is CCCCOC(=O)N1CCC(c2ccc(C(=O)NCC3CC3)cc2)CC1. The van der Waals surface area contributed by atoms with Crippen LogP contribution in [-0.4, -0.2) is 43.1 Å². The zero-order valence-corrected chi connectivity index (χ0v) is 15.7. The van der Waals surface area contributed by atoms with Crippen LogP contribution in [0.15, 0.2) is 24.3 Å². The van der Waals surface area contributed by atoms with Crippen molar-refractivity contribution in [1.29, 1.82) is 0 Å². The molecule has 1 aliphatic heterocycles. The molecular formula is C21H30N2O3. The normalized spacial score (nSPS) is 17.8. The molecular weight excluding hydrogens is 328 g/mol. The predicted molar refractivity (Wildman–Crippen MR) is 101 cm³/mol. The largest absolute Gasteiger partial charge is 0.449 e. The molecule has 2 fully saturated rings. The van der Waals surface area contributed by atoms with Crippen molar-refractivity contribution >= 4 is 12.0 Å². The summed E-state index contributed by atoms with van der Waals surface area (Å²) < 4.78 is 5.29. The van der Waals surface area contributed by atoms with E-state index in [-0.39, 0.29) is 12.0 Å². The summed E-state index contributed by atoms with van der Waals surface area (Å²) in [4.78, 5) is 25.9. The average molecular weight is 358 g/mol. The summed E-state index contributed by atoms with van der Waals surface area (Å²) in [6, 6.07) is 7.96. The molecule has 5 heteroatoms. The Morgan fingerprint density at radius 1 is 1.12 bits per heavy atom. The third-order valence-corrected chi connectivity index (χ3v) is 5.37. The fourth-order valence-electron chi connectivity index (χ4n) is 3.36. The van der Waals surface area contributed by atoms with E-state index >= 15 is 0 Å². The Kier molecular flexibility index (Phi) is 6.53. The second-order valence-electron chi connectivity index (χ2n) is 7.50. The molecule has 0 radical (unpaired) electrons. The zero-order chi connectivity index (χ0) is 18.4. The van der Waals surface area contributed by atoms with Crippen LogP contribution in [0.4, 0.5) is 4.79 Å². The highest BCUT2D eigenvalue weighted by atomic mass is 16.6. The average Bonchev–Trinajstić information content (AvgIpc) is 3.51. The van der Waals surface area contributed by atoms with Crippen LogP contribution < -0.4 is 5.32 Å². The minimum atomic E-state index is -0.181. The molecule has 1 saturated carbocycles. The van der Waals surface area contributed by atoms with Gasteiger partial charge in [0.05, 0.1) is 6.61 Å². The Morgan fingerprint density at radius 3 is 2.42 bits per heavy atom. The van der Waals surface area contributed by atoms with Gasteiger partial charge >= 0.3 is 6.09 Å². The highest BCUT2D eigenvalue weighted by Gasteiger charge is 2.25. The van der Waals surface area contributed by atoms with Crippen molar-refractivity contribution in [1.82, 2.24) is 10.2 Å². The molecule has 26 heavy (non-hydrogen) atoms. The number of amides is 2. The number of ether oxygens (including phenoxy) is 1. The summed E-state index contributed by atoms with van der Waals surface area (Å²) in [5, 5.41) is 3.00. The predicted octanol–water partition coefficient (Wildman–Crippen LogP) is 3.94. The molecule has 0 unspecified atom stereocenters. The van der Waals surface area contributed by atoms with Gasteiger partial charge in [0.15, 0.2) is 0 Å². The summed E-state index contributed by atoms with van der Waals surface area (Å²) in [6.07, 6.45) is 6.13. The topological polar surface area (TPSA) is 58.6 Å². The van der Waals surface area contributed by atoms with Gasteiger partial charge in [-0.15, -0.1) is 0 Å². The number of carbonyl (C=O) groups excluding carboxylic acids is 2. The van der Waals surface area contributed by atoms with Crippen LogP contribution in [0.5, 0.6) is 0 Å². The van der Waals surface area contributed by atoms with Crippen LogP contribution in [0.2, 0.25) is 0 Å². The Hall–Kier alpha value is -2.04. The molecule has 1 heterocycles. The number of rotatable bonds is 7. The molecule has 0 bridgehead atoms. The van der Waals surface area contributed by atoms with Crippen LogP contribution in [0, 0.1) is 5.92 Å². The van der Waals surface area contributed by atoms with Crippen molar-refractivity contribution in [2.24, 2.45) is 5.92 Å². The molecule has 0 aromatic heterocycles. The molecule has 2 aliphatic rings. The maximum atomic E-state index is 12.1. The minimum absolute atomic E-state index is 0.0214. The Labute approximate surface area is 156 Å². The number of benzene rings is 1. The molecule has 142 valence electrons. The third kappa shape index (κ3) is 5.23. The molecule has 1 aromatic rings. The molecule has 0 spiro atoms. The lowest BCUT2D eigenvalue weighted by Crippen LogP contribution is -2.38. The van der Waals surface area contributed by atoms with Gasteiger partial charge in [-0.1, -0.05) is 25.5 Å². The summed E-state index contributed by atoms with van der Waals surface area (Å²) >= 11 is 0. The fraction of sp³-hybridized carbons (Fsp3) is 0.619. The number of carbonyl (C=O) groups is 2. The second kappa shape index (κ2) is 9.06. The van der Waals surface area contributed by atoms with Gasteiger partial charge in [-0.05, 0) is 61.6 Å². The van der Waals surface area contributed by atoms with Crippen LogP contribution in [-0.2, 0) is 4.74 Å². The lowest BCUT2D eigenvalue weighted by Gasteiger charge is -2.31. The van der Waals surface area contributed by atoms with Gasteiger partial charge in [-0.25, -0.2) is 4.79 Å². The Bertz CT molecular complexity index is 602. The van der Waals surface area contributed by atoms with E-state index in [1.54, 1.807) is 0 Å². The lowest BCUT2D eigenvalue weighted by molar-refractivity contribution is 0.0913. The number of nitrogens with one attached hydrogen (secondary N) is 1. The summed E-state index contributed by atoms with van der Waals surface area (Å²) in [5.41, 5.74) is 1.98. The standard InChI is InChI=1S/C21H30N2O3/c1-2-3-14-26-21(25)23-12-10-18(11-13-23)17-6-8-19(9-7-17)20(24)22-15-16-4-5-16/h6-9,16,18H,2-5,10-15H2,1H3,(H,22,24). The van der Waals surface area contributed by atoms with E-state index in [0.717, 1.165) is 50.9 Å². The van der Waals surface area contributed by atoms with Crippen molar-refractivity contribution in [2.75, 3.05) is 26.2 Å². The van der Waals surface area contributed by atoms with Gasteiger partial charge in [0, 0.05) is 25.2 Å². The van der Waals surface area contributed by atoms with E-state index in [0.29, 0.717) is 18.4 Å². The van der Waals surface area contributed by atoms with E-state index in [1.165, 1.54) is 18.4 Å². The van der Waals surface area contributed by atoms with E-state index in [1.807, 2.05) is 17.0 Å². The summed E-state index contributed by atoms with van der Waals surface area (Å²) in [6.45, 7) is 4.87. The van der Waals surface area contributed by atoms with E-state index < -0.39 is 0 Å². The maximum absolute atomic E-state index is 12.1. The van der Waals surface area contributed by atoms with E-state index in [2.05, 4.69) is 24.4 Å². The number of hydrogen-bond acceptors (Lipinski definition) is 3. The molecule has 3 rings (SSSR count). The molecule has 1 saturated heterocycles. The van der Waals surface area contributed by atoms with Crippen LogP contribution in [0.1, 0.15) is 67.3 Å². The highest BCUT2D eigenvalue weighted by molar-refractivity contribution is 5.94. The number of nitrogens with zero attached hydrogens (tertiary/aromatic N) is 1. The first-order chi connectivity index (χ1) is 12.7. The van der Waals surface area contributed by atoms with Gasteiger partial charge in [-0.2, -0.15) is 0 Å². The van der Waals surface area contributed by atoms with Gasteiger partial charge < -0.3 is 15.0 Å². The summed E-state index contributed by atoms with van der Waals surface area (Å²) in [7, 11) is 0. The van der Waals surface area contributed by atoms with Crippen LogP contribution >= 0.6 is 0 Å². The van der Waals surface area contributed by atoms with Crippen molar-refractivity contribution in [3.8, 4) is 0 Å². The smallest absolute Gasteiger partial charge is 0.409 e. The van der Waals surface area contributed by atoms with Gasteiger partial charge in [0.2, 0.25) is 0 Å². The monoisotopic (exact) mass is 358 g/mol. The van der Waals surface area contributed by atoms with Crippen LogP contribution in [0.3, 0.4) is 0 Å². The van der Waals surface area contributed by atoms with Crippen LogP contribution in [0.25, 0.3) is 0 Å². The molecule has 1 N–H and O–H groups in total. The number of hydrogen-bond donors (Lipinski definition) is 1. The third-order valence-electron chi connectivity index (χ3n) is 5.37. The highest BCUT2D eigenvalue weighted by Crippen LogP contribution is 2.29.